The summed E-state index contributed by atoms with van der Waals surface area (Å²) >= 11 is 0. The first-order chi connectivity index (χ1) is 33.6. The van der Waals surface area contributed by atoms with Crippen molar-refractivity contribution in [2.45, 2.75) is 101 Å². The van der Waals surface area contributed by atoms with E-state index in [2.05, 4.69) is 6.58 Å². The van der Waals surface area contributed by atoms with E-state index in [-0.39, 0.29) is 46.2 Å². The van der Waals surface area contributed by atoms with Gasteiger partial charge in [-0.3, -0.25) is 0 Å². The van der Waals surface area contributed by atoms with Crippen LogP contribution in [0.2, 0.25) is 0 Å². The van der Waals surface area contributed by atoms with Crippen molar-refractivity contribution in [2.24, 2.45) is 0 Å². The fourth-order valence-electron chi connectivity index (χ4n) is 8.30. The van der Waals surface area contributed by atoms with Gasteiger partial charge >= 0.3 is 0 Å². The summed E-state index contributed by atoms with van der Waals surface area (Å²) in [5.41, 5.74) is 5.78. The molecule has 6 aromatic carbocycles. The lowest BCUT2D eigenvalue weighted by atomic mass is 9.96. The third-order valence-electron chi connectivity index (χ3n) is 11.8. The van der Waals surface area contributed by atoms with Crippen molar-refractivity contribution in [3.8, 4) is 0 Å². The maximum absolute atomic E-state index is 12.5. The molecule has 0 aromatic heterocycles. The van der Waals surface area contributed by atoms with Crippen LogP contribution in [0.3, 0.4) is 0 Å². The molecular weight excluding hydrogens is 861 g/mol. The third kappa shape index (κ3) is 14.3. The second-order valence-electron chi connectivity index (χ2n) is 16.8. The Kier molecular flexibility index (Phi) is 19.0. The molecule has 10 atom stereocenters. The molecule has 0 saturated carbocycles. The van der Waals surface area contributed by atoms with Gasteiger partial charge < -0.3 is 52.5 Å². The topological polar surface area (TPSA) is 113 Å². The van der Waals surface area contributed by atoms with Gasteiger partial charge in [-0.25, -0.2) is 0 Å². The Labute approximate surface area is 400 Å². The molecule has 11 heteroatoms. The molecule has 0 unspecified atom stereocenters. The van der Waals surface area contributed by atoms with Crippen LogP contribution in [0.1, 0.15) is 33.4 Å². The van der Waals surface area contributed by atoms with E-state index in [1.54, 1.807) is 6.08 Å². The average molecular weight is 923 g/mol. The lowest BCUT2D eigenvalue weighted by Gasteiger charge is -2.49. The Bertz CT molecular complexity index is 2290. The fraction of sp³-hybridized carbons (Fsp3) is 0.333. The zero-order chi connectivity index (χ0) is 46.6. The van der Waals surface area contributed by atoms with Crippen molar-refractivity contribution in [1.29, 1.82) is 0 Å². The molecule has 0 bridgehead atoms. The number of hydrogen-bond donors (Lipinski definition) is 1. The van der Waals surface area contributed by atoms with E-state index in [4.69, 9.17) is 47.4 Å². The van der Waals surface area contributed by atoms with E-state index in [0.29, 0.717) is 13.2 Å². The largest absolute Gasteiger partial charge is 0.387 e. The molecule has 68 heavy (non-hydrogen) atoms. The van der Waals surface area contributed by atoms with Crippen LogP contribution in [0.4, 0.5) is 0 Å². The highest BCUT2D eigenvalue weighted by Gasteiger charge is 2.54. The molecule has 2 aliphatic rings. The van der Waals surface area contributed by atoms with Crippen LogP contribution in [0.5, 0.6) is 0 Å². The van der Waals surface area contributed by atoms with Gasteiger partial charge in [-0.05, 0) is 33.4 Å². The summed E-state index contributed by atoms with van der Waals surface area (Å²) in [6.45, 7) is 5.73. The Balaban J connectivity index is 1.16. The molecule has 0 radical (unpaired) electrons. The molecule has 2 heterocycles. The van der Waals surface area contributed by atoms with Gasteiger partial charge in [0.2, 0.25) is 0 Å². The van der Waals surface area contributed by atoms with Gasteiger partial charge in [0.25, 0.3) is 0 Å². The van der Waals surface area contributed by atoms with Gasteiger partial charge in [0.05, 0.1) is 59.5 Å². The van der Waals surface area contributed by atoms with Crippen LogP contribution in [0, 0.1) is 0 Å². The smallest absolute Gasteiger partial charge is 0.187 e. The van der Waals surface area contributed by atoms with Crippen molar-refractivity contribution in [3.63, 3.8) is 0 Å². The van der Waals surface area contributed by atoms with Crippen LogP contribution in [0.15, 0.2) is 195 Å². The highest BCUT2D eigenvalue weighted by molar-refractivity contribution is 5.18. The molecular formula is C57H62O11. The molecule has 356 valence electrons. The van der Waals surface area contributed by atoms with Crippen molar-refractivity contribution >= 4 is 0 Å². The molecule has 8 rings (SSSR count). The second kappa shape index (κ2) is 26.4. The molecule has 1 N–H and O–H groups in total. The molecule has 0 amide bonds. The summed E-state index contributed by atoms with van der Waals surface area (Å²) in [6, 6.07) is 59.4. The van der Waals surface area contributed by atoms with Crippen molar-refractivity contribution < 1.29 is 52.5 Å². The Morgan fingerprint density at radius 1 is 0.382 bits per heavy atom. The van der Waals surface area contributed by atoms with Crippen LogP contribution < -0.4 is 0 Å². The van der Waals surface area contributed by atoms with Crippen molar-refractivity contribution in [1.82, 2.24) is 0 Å². The molecule has 0 aliphatic carbocycles. The predicted octanol–water partition coefficient (Wildman–Crippen LogP) is 9.16. The zero-order valence-corrected chi connectivity index (χ0v) is 38.3. The molecule has 2 aliphatic heterocycles. The number of ether oxygens (including phenoxy) is 10. The Morgan fingerprint density at radius 2 is 0.721 bits per heavy atom. The summed E-state index contributed by atoms with van der Waals surface area (Å²) in [5, 5.41) is 12.5. The van der Waals surface area contributed by atoms with Crippen molar-refractivity contribution in [3.05, 3.63) is 228 Å². The summed E-state index contributed by atoms with van der Waals surface area (Å²) in [4.78, 5) is 0. The van der Waals surface area contributed by atoms with E-state index >= 15 is 0 Å². The molecule has 6 aromatic rings. The minimum atomic E-state index is -1.28. The number of aliphatic hydroxyl groups is 1. The van der Waals surface area contributed by atoms with Crippen LogP contribution >= 0.6 is 0 Å². The second-order valence-corrected chi connectivity index (χ2v) is 16.8. The molecule has 11 nitrogen and oxygen atoms in total. The van der Waals surface area contributed by atoms with Gasteiger partial charge in [0.15, 0.2) is 12.6 Å². The third-order valence-corrected chi connectivity index (χ3v) is 11.8. The first-order valence-electron chi connectivity index (χ1n) is 23.3. The normalized spacial score (nSPS) is 24.9. The highest BCUT2D eigenvalue weighted by atomic mass is 16.8. The van der Waals surface area contributed by atoms with Crippen molar-refractivity contribution in [2.75, 3.05) is 19.8 Å². The zero-order valence-electron chi connectivity index (χ0n) is 38.3. The first-order valence-corrected chi connectivity index (χ1v) is 23.3. The molecule has 2 fully saturated rings. The van der Waals surface area contributed by atoms with Gasteiger partial charge in [0.1, 0.15) is 48.8 Å². The number of hydrogen-bond acceptors (Lipinski definition) is 11. The van der Waals surface area contributed by atoms with E-state index in [1.165, 1.54) is 0 Å². The Morgan fingerprint density at radius 3 is 1.13 bits per heavy atom. The quantitative estimate of drug-likeness (QED) is 0.0555. The minimum absolute atomic E-state index is 0.0307. The van der Waals surface area contributed by atoms with E-state index in [0.717, 1.165) is 33.4 Å². The Hall–Kier alpha value is -5.38. The highest BCUT2D eigenvalue weighted by Crippen LogP contribution is 2.36. The van der Waals surface area contributed by atoms with Gasteiger partial charge in [0, 0.05) is 0 Å². The standard InChI is InChI=1S/C57H62O11/c1-2-33-61-56-54(64-38-46-29-17-7-18-30-46)52(50(58)48(66-56)40-59-34-42-21-9-3-10-22-42)68-57-55(65-39-47-31-19-8-20-32-47)53(63-37-45-27-15-6-16-28-45)51(62-36-44-25-13-5-14-26-44)49(67-57)41-60-35-43-23-11-4-12-24-43/h2-32,48-58H,1,33-41H2/t48-,49-,50+,51+,52+,53+,54-,55-,56-,57-/m1/s1. The first kappa shape index (κ1) is 49.1. The predicted molar refractivity (Wildman–Crippen MR) is 257 cm³/mol. The van der Waals surface area contributed by atoms with E-state index in [9.17, 15) is 5.11 Å². The number of rotatable bonds is 25. The molecule has 2 saturated heterocycles. The molecule has 0 spiro atoms. The summed E-state index contributed by atoms with van der Waals surface area (Å²) < 4.78 is 67.2. The van der Waals surface area contributed by atoms with E-state index in [1.807, 2.05) is 182 Å². The lowest BCUT2D eigenvalue weighted by molar-refractivity contribution is -0.375. The maximum atomic E-state index is 12.5. The number of aliphatic hydroxyl groups excluding tert-OH is 1. The fourth-order valence-corrected chi connectivity index (χ4v) is 8.30. The SMILES string of the molecule is C=CCO[C@@H]1O[C@H](COCc2ccccc2)[C@H](O)[C@H](O[C@H]2O[C@H](COCc3ccccc3)[C@H](OCc3ccccc3)[C@H](OCc3ccccc3)[C@H]2OCc2ccccc2)[C@H]1OCc1ccccc1. The van der Waals surface area contributed by atoms with Crippen LogP contribution in [-0.2, 0) is 87.0 Å². The van der Waals surface area contributed by atoms with Gasteiger partial charge in [-0.2, -0.15) is 0 Å². The lowest BCUT2D eigenvalue weighted by Crippen LogP contribution is -2.66. The van der Waals surface area contributed by atoms with Gasteiger partial charge in [-0.1, -0.05) is 188 Å². The maximum Gasteiger partial charge on any atom is 0.187 e. The minimum Gasteiger partial charge on any atom is -0.387 e. The summed E-state index contributed by atoms with van der Waals surface area (Å²) in [7, 11) is 0. The summed E-state index contributed by atoms with van der Waals surface area (Å²) in [5.74, 6) is 0. The van der Waals surface area contributed by atoms with Crippen LogP contribution in [0.25, 0.3) is 0 Å². The average Bonchev–Trinajstić information content (AvgIpc) is 3.39. The van der Waals surface area contributed by atoms with Crippen LogP contribution in [-0.4, -0.2) is 86.3 Å². The van der Waals surface area contributed by atoms with Gasteiger partial charge in [-0.15, -0.1) is 6.58 Å². The number of benzene rings is 6. The van der Waals surface area contributed by atoms with E-state index < -0.39 is 61.4 Å². The monoisotopic (exact) mass is 922 g/mol. The summed E-state index contributed by atoms with van der Waals surface area (Å²) in [6.07, 6.45) is -7.86.